The lowest BCUT2D eigenvalue weighted by Crippen LogP contribution is -2.61. The first-order valence-corrected chi connectivity index (χ1v) is 7.73. The molecule has 4 heteroatoms. The maximum absolute atomic E-state index is 12.4. The third-order valence-electron chi connectivity index (χ3n) is 5.07. The summed E-state index contributed by atoms with van der Waals surface area (Å²) >= 11 is 0. The first kappa shape index (κ1) is 14.4. The van der Waals surface area contributed by atoms with E-state index in [0.717, 1.165) is 31.4 Å². The summed E-state index contributed by atoms with van der Waals surface area (Å²) in [6.45, 7) is 5.31. The number of carbonyl (C=O) groups excluding carboxylic acids is 1. The van der Waals surface area contributed by atoms with E-state index in [1.807, 2.05) is 18.2 Å². The van der Waals surface area contributed by atoms with E-state index in [4.69, 9.17) is 4.74 Å². The van der Waals surface area contributed by atoms with E-state index < -0.39 is 0 Å². The Labute approximate surface area is 126 Å². The lowest BCUT2D eigenvalue weighted by Gasteiger charge is -2.51. The first-order valence-electron chi connectivity index (χ1n) is 7.73. The quantitative estimate of drug-likeness (QED) is 0.899. The van der Waals surface area contributed by atoms with Crippen LogP contribution in [0.25, 0.3) is 0 Å². The molecule has 2 N–H and O–H groups in total. The van der Waals surface area contributed by atoms with E-state index in [2.05, 4.69) is 24.5 Å². The number of anilines is 1. The molecule has 0 aromatic heterocycles. The average molecular weight is 288 g/mol. The summed E-state index contributed by atoms with van der Waals surface area (Å²) in [5.74, 6) is 0.0241. The minimum absolute atomic E-state index is 0.000172. The highest BCUT2D eigenvalue weighted by Crippen LogP contribution is 2.42. The summed E-state index contributed by atoms with van der Waals surface area (Å²) in [5.41, 5.74) is 3.17. The third kappa shape index (κ3) is 2.53. The van der Waals surface area contributed by atoms with Crippen molar-refractivity contribution in [2.45, 2.75) is 45.3 Å². The van der Waals surface area contributed by atoms with Gasteiger partial charge in [0.15, 0.2) is 0 Å². The monoisotopic (exact) mass is 288 g/mol. The van der Waals surface area contributed by atoms with Gasteiger partial charge in [0.05, 0.1) is 6.10 Å². The Bertz CT molecular complexity index is 554. The second-order valence-corrected chi connectivity index (χ2v) is 6.71. The van der Waals surface area contributed by atoms with Crippen molar-refractivity contribution < 1.29 is 9.53 Å². The Hall–Kier alpha value is -1.55. The molecule has 0 bridgehead atoms. The average Bonchev–Trinajstić information content (AvgIpc) is 2.50. The minimum Gasteiger partial charge on any atom is -0.385 e. The maximum Gasteiger partial charge on any atom is 0.251 e. The van der Waals surface area contributed by atoms with Crippen LogP contribution >= 0.6 is 0 Å². The molecule has 1 fully saturated rings. The van der Waals surface area contributed by atoms with Crippen molar-refractivity contribution in [2.75, 3.05) is 19.0 Å². The number of amides is 1. The van der Waals surface area contributed by atoms with Gasteiger partial charge in [-0.1, -0.05) is 13.8 Å². The van der Waals surface area contributed by atoms with Gasteiger partial charge in [-0.15, -0.1) is 0 Å². The maximum atomic E-state index is 12.4. The molecule has 4 nitrogen and oxygen atoms in total. The van der Waals surface area contributed by atoms with E-state index in [1.54, 1.807) is 7.11 Å². The van der Waals surface area contributed by atoms with Gasteiger partial charge in [0.1, 0.15) is 0 Å². The molecule has 2 aliphatic rings. The summed E-state index contributed by atoms with van der Waals surface area (Å²) in [6.07, 6.45) is 3.30. The van der Waals surface area contributed by atoms with Crippen LogP contribution in [0.2, 0.25) is 0 Å². The number of ether oxygens (including phenoxy) is 1. The van der Waals surface area contributed by atoms with Gasteiger partial charge in [-0.2, -0.15) is 0 Å². The van der Waals surface area contributed by atoms with Crippen LogP contribution in [0, 0.1) is 5.41 Å². The van der Waals surface area contributed by atoms with Crippen molar-refractivity contribution in [3.8, 4) is 0 Å². The number of fused-ring (bicyclic) bond motifs is 1. The van der Waals surface area contributed by atoms with Gasteiger partial charge in [0, 0.05) is 36.4 Å². The molecule has 0 spiro atoms. The highest BCUT2D eigenvalue weighted by molar-refractivity contribution is 5.95. The van der Waals surface area contributed by atoms with Crippen LogP contribution in [0.5, 0.6) is 0 Å². The van der Waals surface area contributed by atoms with Gasteiger partial charge >= 0.3 is 0 Å². The second kappa shape index (κ2) is 5.34. The zero-order chi connectivity index (χ0) is 15.0. The number of aryl methyl sites for hydroxylation is 1. The van der Waals surface area contributed by atoms with Gasteiger partial charge in [0.2, 0.25) is 0 Å². The zero-order valence-corrected chi connectivity index (χ0v) is 13.0. The van der Waals surface area contributed by atoms with E-state index >= 15 is 0 Å². The third-order valence-corrected chi connectivity index (χ3v) is 5.07. The molecule has 3 rings (SSSR count). The molecule has 1 heterocycles. The van der Waals surface area contributed by atoms with Gasteiger partial charge in [-0.3, -0.25) is 4.79 Å². The molecule has 1 aromatic rings. The number of carbonyl (C=O) groups is 1. The topological polar surface area (TPSA) is 50.4 Å². The zero-order valence-electron chi connectivity index (χ0n) is 13.0. The van der Waals surface area contributed by atoms with Gasteiger partial charge < -0.3 is 15.4 Å². The summed E-state index contributed by atoms with van der Waals surface area (Å²) in [4.78, 5) is 12.4. The fraction of sp³-hybridized carbons (Fsp3) is 0.588. The Kier molecular flexibility index (Phi) is 3.66. The van der Waals surface area contributed by atoms with E-state index in [-0.39, 0.29) is 23.5 Å². The molecule has 1 aliphatic heterocycles. The highest BCUT2D eigenvalue weighted by atomic mass is 16.5. The number of benzene rings is 1. The lowest BCUT2D eigenvalue weighted by atomic mass is 9.64. The smallest absolute Gasteiger partial charge is 0.251 e. The Balaban J connectivity index is 1.69. The molecular formula is C17H24N2O2. The molecule has 1 saturated carbocycles. The molecule has 0 saturated heterocycles. The molecule has 1 aliphatic carbocycles. The number of hydrogen-bond donors (Lipinski definition) is 2. The predicted molar refractivity (Wildman–Crippen MR) is 83.7 cm³/mol. The number of methoxy groups -OCH3 is 1. The summed E-state index contributed by atoms with van der Waals surface area (Å²) in [6, 6.07) is 6.14. The number of rotatable bonds is 3. The van der Waals surface area contributed by atoms with Crippen molar-refractivity contribution in [1.29, 1.82) is 0 Å². The van der Waals surface area contributed by atoms with Crippen LogP contribution in [-0.4, -0.2) is 31.7 Å². The standard InChI is InChI=1S/C17H24N2O2/c1-17(2)14(10-15(17)21-3)19-16(20)12-6-7-13-11(9-12)5-4-8-18-13/h6-7,9,14-15,18H,4-5,8,10H2,1-3H3,(H,19,20). The fourth-order valence-electron chi connectivity index (χ4n) is 3.39. The highest BCUT2D eigenvalue weighted by Gasteiger charge is 2.49. The van der Waals surface area contributed by atoms with Crippen LogP contribution in [0.3, 0.4) is 0 Å². The van der Waals surface area contributed by atoms with Crippen LogP contribution in [0.4, 0.5) is 5.69 Å². The predicted octanol–water partition coefficient (Wildman–Crippen LogP) is 2.59. The first-order chi connectivity index (χ1) is 10.0. The SMILES string of the molecule is COC1CC(NC(=O)c2ccc3c(c2)CCCN3)C1(C)C. The molecule has 2 unspecified atom stereocenters. The van der Waals surface area contributed by atoms with Crippen LogP contribution in [0.15, 0.2) is 18.2 Å². The Morgan fingerprint density at radius 1 is 1.43 bits per heavy atom. The van der Waals surface area contributed by atoms with E-state index in [0.29, 0.717) is 0 Å². The van der Waals surface area contributed by atoms with Gasteiger partial charge in [-0.05, 0) is 43.0 Å². The Morgan fingerprint density at radius 2 is 2.24 bits per heavy atom. The fourth-order valence-corrected chi connectivity index (χ4v) is 3.39. The molecule has 0 radical (unpaired) electrons. The second-order valence-electron chi connectivity index (χ2n) is 6.71. The van der Waals surface area contributed by atoms with E-state index in [9.17, 15) is 4.79 Å². The molecule has 1 aromatic carbocycles. The molecule has 2 atom stereocenters. The number of hydrogen-bond acceptors (Lipinski definition) is 3. The van der Waals surface area contributed by atoms with E-state index in [1.165, 1.54) is 11.3 Å². The minimum atomic E-state index is 0.000172. The molecule has 21 heavy (non-hydrogen) atoms. The lowest BCUT2D eigenvalue weighted by molar-refractivity contribution is -0.0942. The summed E-state index contributed by atoms with van der Waals surface area (Å²) in [5, 5.41) is 6.52. The summed E-state index contributed by atoms with van der Waals surface area (Å²) < 4.78 is 5.43. The Morgan fingerprint density at radius 3 is 2.95 bits per heavy atom. The van der Waals surface area contributed by atoms with Crippen molar-refractivity contribution in [2.24, 2.45) is 5.41 Å². The van der Waals surface area contributed by atoms with Gasteiger partial charge in [0.25, 0.3) is 5.91 Å². The van der Waals surface area contributed by atoms with Crippen LogP contribution in [0.1, 0.15) is 42.6 Å². The van der Waals surface area contributed by atoms with Crippen molar-refractivity contribution in [1.82, 2.24) is 5.32 Å². The van der Waals surface area contributed by atoms with Crippen molar-refractivity contribution in [3.05, 3.63) is 29.3 Å². The molecular weight excluding hydrogens is 264 g/mol. The molecule has 1 amide bonds. The number of nitrogens with one attached hydrogen (secondary N) is 2. The van der Waals surface area contributed by atoms with Gasteiger partial charge in [-0.25, -0.2) is 0 Å². The largest absolute Gasteiger partial charge is 0.385 e. The molecule has 114 valence electrons. The van der Waals surface area contributed by atoms with Crippen LogP contribution in [-0.2, 0) is 11.2 Å². The normalized spacial score (nSPS) is 26.2. The van der Waals surface area contributed by atoms with Crippen molar-refractivity contribution >= 4 is 11.6 Å². The van der Waals surface area contributed by atoms with Crippen LogP contribution < -0.4 is 10.6 Å². The summed E-state index contributed by atoms with van der Waals surface area (Å²) in [7, 11) is 1.74. The van der Waals surface area contributed by atoms with Crippen molar-refractivity contribution in [3.63, 3.8) is 0 Å².